The molecule has 0 aliphatic heterocycles. The molecule has 0 saturated heterocycles. The van der Waals surface area contributed by atoms with Gasteiger partial charge in [0.2, 0.25) is 0 Å². The summed E-state index contributed by atoms with van der Waals surface area (Å²) in [5.41, 5.74) is 27.9. The van der Waals surface area contributed by atoms with Crippen molar-refractivity contribution in [1.29, 1.82) is 0 Å². The Bertz CT molecular complexity index is 8910. The maximum absolute atomic E-state index is 5.24. The standard InChI is InChI=1S/C60H36N4.C58H34N4/c1-2-8-37(9-3-1)54-32-27-42-20-21-43-28-33-55(64-60(43)59(42)63-54)39-16-14-38(15-17-39)53-30-25-41-19-23-46(36-58(41)61-53)56-31-26-40-18-22-45(35-57(40)62-56)44-24-29-51-49-12-5-4-10-47(49)48-11-6-7-13-50(48)52(51)34-44;1-2-5-35(6-3-1)50-31-25-43-17-18-44-26-32-51(62-58(44)57(43)61-50)37-11-9-36(10-12-37)49-29-23-39-14-20-46(34-54(39)59-49)52-30-24-38-13-19-45(33-53(38)60-52)47-27-21-42-16-15-40-7-4-8-41-22-28-48(47)56(42)55(40)41/h1-36H;1-34H. The van der Waals surface area contributed by atoms with Gasteiger partial charge in [-0.1, -0.05) is 346 Å². The van der Waals surface area contributed by atoms with Gasteiger partial charge in [-0.25, -0.2) is 39.9 Å². The number of hydrogen-bond donors (Lipinski definition) is 0. The zero-order valence-electron chi connectivity index (χ0n) is 68.0. The van der Waals surface area contributed by atoms with E-state index in [0.717, 1.165) is 188 Å². The van der Waals surface area contributed by atoms with Gasteiger partial charge >= 0.3 is 0 Å². The van der Waals surface area contributed by atoms with Gasteiger partial charge in [0.15, 0.2) is 0 Å². The molecule has 0 saturated carbocycles. The van der Waals surface area contributed by atoms with Crippen LogP contribution in [0.3, 0.4) is 0 Å². The lowest BCUT2D eigenvalue weighted by molar-refractivity contribution is 1.36. The summed E-state index contributed by atoms with van der Waals surface area (Å²) in [5, 5.41) is 24.1. The number of rotatable bonds is 10. The molecule has 0 aliphatic carbocycles. The first-order chi connectivity index (χ1) is 62.3. The Labute approximate surface area is 723 Å². The lowest BCUT2D eigenvalue weighted by atomic mass is 9.89. The van der Waals surface area contributed by atoms with Crippen molar-refractivity contribution in [3.05, 3.63) is 425 Å². The molecule has 8 heteroatoms. The van der Waals surface area contributed by atoms with Crippen molar-refractivity contribution in [3.63, 3.8) is 0 Å². The lowest BCUT2D eigenvalue weighted by Gasteiger charge is -2.14. The van der Waals surface area contributed by atoms with Gasteiger partial charge in [-0.15, -0.1) is 0 Å². The predicted molar refractivity (Wildman–Crippen MR) is 526 cm³/mol. The average molecular weight is 1600 g/mol. The molecule has 126 heavy (non-hydrogen) atoms. The van der Waals surface area contributed by atoms with Crippen molar-refractivity contribution in [2.75, 3.05) is 0 Å². The minimum Gasteiger partial charge on any atom is -0.248 e. The second-order valence-corrected chi connectivity index (χ2v) is 32.8. The van der Waals surface area contributed by atoms with E-state index in [2.05, 4.69) is 388 Å². The van der Waals surface area contributed by atoms with E-state index >= 15 is 0 Å². The van der Waals surface area contributed by atoms with Crippen LogP contribution in [0.25, 0.3) is 264 Å². The van der Waals surface area contributed by atoms with E-state index in [1.165, 1.54) is 75.8 Å². The normalized spacial score (nSPS) is 11.8. The maximum atomic E-state index is 5.24. The zero-order valence-corrected chi connectivity index (χ0v) is 68.0. The number of pyridine rings is 8. The fourth-order valence-corrected chi connectivity index (χ4v) is 18.9. The Balaban J connectivity index is 0.000000137. The van der Waals surface area contributed by atoms with Crippen LogP contribution in [0, 0.1) is 0 Å². The molecule has 0 bridgehead atoms. The molecular formula is C118H70N8. The summed E-state index contributed by atoms with van der Waals surface area (Å²) in [4.78, 5) is 41.3. The fraction of sp³-hybridized carbons (Fsp3) is 0. The van der Waals surface area contributed by atoms with Crippen molar-refractivity contribution >= 4 is 152 Å². The molecule has 0 aliphatic rings. The van der Waals surface area contributed by atoms with Gasteiger partial charge in [-0.05, 0) is 166 Å². The molecule has 582 valence electrons. The van der Waals surface area contributed by atoms with Gasteiger partial charge in [0.1, 0.15) is 0 Å². The first-order valence-corrected chi connectivity index (χ1v) is 42.7. The molecule has 18 aromatic carbocycles. The van der Waals surface area contributed by atoms with E-state index in [1.807, 2.05) is 36.4 Å². The third kappa shape index (κ3) is 12.6. The number of hydrogen-bond acceptors (Lipinski definition) is 8. The third-order valence-corrected chi connectivity index (χ3v) is 25.4. The Hall–Kier alpha value is -16.9. The van der Waals surface area contributed by atoms with E-state index < -0.39 is 0 Å². The topological polar surface area (TPSA) is 103 Å². The molecular weight excluding hydrogens is 1530 g/mol. The van der Waals surface area contributed by atoms with Crippen LogP contribution in [0.5, 0.6) is 0 Å². The van der Waals surface area contributed by atoms with Crippen molar-refractivity contribution in [1.82, 2.24) is 39.9 Å². The summed E-state index contributed by atoms with van der Waals surface area (Å²) >= 11 is 0. The average Bonchev–Trinajstić information content (AvgIpc) is 0.740. The summed E-state index contributed by atoms with van der Waals surface area (Å²) < 4.78 is 0. The number of nitrogens with zero attached hydrogens (tertiary/aromatic N) is 8. The summed E-state index contributed by atoms with van der Waals surface area (Å²) in [6.45, 7) is 0. The highest BCUT2D eigenvalue weighted by atomic mass is 14.8. The summed E-state index contributed by atoms with van der Waals surface area (Å²) in [6, 6.07) is 151. The van der Waals surface area contributed by atoms with Crippen molar-refractivity contribution in [2.45, 2.75) is 0 Å². The van der Waals surface area contributed by atoms with Gasteiger partial charge in [-0.2, -0.15) is 0 Å². The van der Waals surface area contributed by atoms with Crippen LogP contribution in [0.15, 0.2) is 425 Å². The largest absolute Gasteiger partial charge is 0.248 e. The monoisotopic (exact) mass is 1600 g/mol. The molecule has 0 amide bonds. The van der Waals surface area contributed by atoms with Crippen LogP contribution in [0.1, 0.15) is 0 Å². The summed E-state index contributed by atoms with van der Waals surface area (Å²) in [7, 11) is 0. The number of fused-ring (bicyclic) bond motifs is 16. The summed E-state index contributed by atoms with van der Waals surface area (Å²) in [6.07, 6.45) is 0. The predicted octanol–water partition coefficient (Wildman–Crippen LogP) is 30.8. The van der Waals surface area contributed by atoms with Crippen LogP contribution >= 0.6 is 0 Å². The smallest absolute Gasteiger partial charge is 0.0972 e. The highest BCUT2D eigenvalue weighted by Crippen LogP contribution is 2.44. The van der Waals surface area contributed by atoms with Crippen molar-refractivity contribution in [2.24, 2.45) is 0 Å². The molecule has 0 unspecified atom stereocenters. The van der Waals surface area contributed by atoms with Gasteiger partial charge in [0.25, 0.3) is 0 Å². The molecule has 8 nitrogen and oxygen atoms in total. The molecule has 0 N–H and O–H groups in total. The molecule has 8 heterocycles. The van der Waals surface area contributed by atoms with Crippen molar-refractivity contribution in [3.8, 4) is 112 Å². The highest BCUT2D eigenvalue weighted by Gasteiger charge is 2.19. The zero-order chi connectivity index (χ0) is 82.9. The van der Waals surface area contributed by atoms with Crippen LogP contribution < -0.4 is 0 Å². The van der Waals surface area contributed by atoms with Gasteiger partial charge in [0.05, 0.1) is 89.7 Å². The lowest BCUT2D eigenvalue weighted by Crippen LogP contribution is -1.91. The molecule has 8 aromatic heterocycles. The molecule has 26 rings (SSSR count). The van der Waals surface area contributed by atoms with E-state index in [4.69, 9.17) is 39.9 Å². The van der Waals surface area contributed by atoms with Crippen LogP contribution in [0.4, 0.5) is 0 Å². The Morgan fingerprint density at radius 1 is 0.119 bits per heavy atom. The third-order valence-electron chi connectivity index (χ3n) is 25.4. The van der Waals surface area contributed by atoms with Crippen LogP contribution in [-0.4, -0.2) is 39.9 Å². The van der Waals surface area contributed by atoms with Gasteiger partial charge in [-0.3, -0.25) is 0 Å². The number of aromatic nitrogens is 8. The molecule has 0 spiro atoms. The Morgan fingerprint density at radius 2 is 0.365 bits per heavy atom. The first kappa shape index (κ1) is 71.9. The summed E-state index contributed by atoms with van der Waals surface area (Å²) in [5.74, 6) is 0. The van der Waals surface area contributed by atoms with Crippen molar-refractivity contribution < 1.29 is 0 Å². The van der Waals surface area contributed by atoms with E-state index in [0.29, 0.717) is 0 Å². The maximum Gasteiger partial charge on any atom is 0.0972 e. The van der Waals surface area contributed by atoms with E-state index in [-0.39, 0.29) is 0 Å². The van der Waals surface area contributed by atoms with Gasteiger partial charge < -0.3 is 0 Å². The Kier molecular flexibility index (Phi) is 16.8. The van der Waals surface area contributed by atoms with E-state index in [1.54, 1.807) is 0 Å². The molecule has 0 fully saturated rings. The van der Waals surface area contributed by atoms with Crippen LogP contribution in [-0.2, 0) is 0 Å². The van der Waals surface area contributed by atoms with Gasteiger partial charge in [0, 0.05) is 87.6 Å². The first-order valence-electron chi connectivity index (χ1n) is 42.7. The highest BCUT2D eigenvalue weighted by molar-refractivity contribution is 6.27. The quantitative estimate of drug-likeness (QED) is 0.125. The molecule has 26 aromatic rings. The van der Waals surface area contributed by atoms with E-state index in [9.17, 15) is 0 Å². The molecule has 0 radical (unpaired) electrons. The minimum atomic E-state index is 0.901. The SMILES string of the molecule is c1ccc(-c2ccc3ccc4ccc(-c5ccc(-c6ccc7ccc(-c8ccc9ccc(-c%10ccc%11c%12ccccc%12c%12ccccc%12c%11c%10)cc9n8)cc7n6)cc5)nc4c3n2)cc1.c1ccc(-c2ccc3ccc4ccc(-c5ccc(-c6ccc7ccc(-c8ccc9ccc(-c%10ccc%11ccc%12cccc%13ccc%10c%11c%12%13)cc9n8)cc7n6)cc5)nc4c3n2)cc1. The van der Waals surface area contributed by atoms with Crippen LogP contribution in [0.2, 0.25) is 0 Å². The number of benzene rings is 18. The second-order valence-electron chi connectivity index (χ2n) is 32.8. The second kappa shape index (κ2) is 29.5. The fourth-order valence-electron chi connectivity index (χ4n) is 18.9. The Morgan fingerprint density at radius 3 is 0.778 bits per heavy atom. The minimum absolute atomic E-state index is 0.901. The molecule has 0 atom stereocenters.